The molecule has 2 fully saturated rings. The van der Waals surface area contributed by atoms with Gasteiger partial charge >= 0.3 is 5.97 Å². The summed E-state index contributed by atoms with van der Waals surface area (Å²) in [6.07, 6.45) is 26.4. The van der Waals surface area contributed by atoms with Gasteiger partial charge in [0.2, 0.25) is 0 Å². The van der Waals surface area contributed by atoms with Crippen LogP contribution in [0.2, 0.25) is 0 Å². The molecule has 65 heavy (non-hydrogen) atoms. The Balaban J connectivity index is 1.75. The van der Waals surface area contributed by atoms with E-state index in [2.05, 4.69) is 50.3 Å². The van der Waals surface area contributed by atoms with E-state index in [-0.39, 0.29) is 25.6 Å². The second-order valence-electron chi connectivity index (χ2n) is 18.0. The first-order valence-electron chi connectivity index (χ1n) is 25.6. The summed E-state index contributed by atoms with van der Waals surface area (Å²) in [7, 11) is 0. The van der Waals surface area contributed by atoms with Crippen LogP contribution in [0.3, 0.4) is 0 Å². The quantitative estimate of drug-likeness (QED) is 0.0181. The molecular formula is C51H92O14. The number of aliphatic hydroxyl groups excluding tert-OH is 7. The number of unbranched alkanes of at least 4 members (excludes halogenated alkanes) is 20. The van der Waals surface area contributed by atoms with Crippen molar-refractivity contribution in [3.63, 3.8) is 0 Å². The number of hydrogen-bond acceptors (Lipinski definition) is 14. The Kier molecular flexibility index (Phi) is 35.7. The van der Waals surface area contributed by atoms with Gasteiger partial charge in [-0.25, -0.2) is 0 Å². The Morgan fingerprint density at radius 1 is 0.508 bits per heavy atom. The van der Waals surface area contributed by atoms with E-state index in [1.165, 1.54) is 83.5 Å². The minimum absolute atomic E-state index is 0.0577. The fraction of sp³-hybridized carbons (Fsp3) is 0.863. The van der Waals surface area contributed by atoms with Crippen LogP contribution < -0.4 is 0 Å². The topological polar surface area (TPSA) is 214 Å². The molecule has 7 N–H and O–H groups in total. The second-order valence-corrected chi connectivity index (χ2v) is 18.0. The van der Waals surface area contributed by atoms with Crippen LogP contribution in [-0.2, 0) is 33.2 Å². The Bertz CT molecular complexity index is 1220. The van der Waals surface area contributed by atoms with Gasteiger partial charge in [-0.15, -0.1) is 0 Å². The largest absolute Gasteiger partial charge is 0.457 e. The van der Waals surface area contributed by atoms with Crippen molar-refractivity contribution in [2.75, 3.05) is 33.0 Å². The van der Waals surface area contributed by atoms with Crippen LogP contribution in [0.4, 0.5) is 0 Å². The fourth-order valence-electron chi connectivity index (χ4n) is 7.94. The lowest BCUT2D eigenvalue weighted by molar-refractivity contribution is -0.332. The molecule has 0 spiro atoms. The molecule has 0 aromatic carbocycles. The lowest BCUT2D eigenvalue weighted by atomic mass is 9.98. The van der Waals surface area contributed by atoms with Gasteiger partial charge in [-0.3, -0.25) is 4.79 Å². The SMILES string of the molecule is CCCCCCC/C=C\C/C=C\C/C=C\CCCCCCCCC(=O)OC(COCCCCCCCCCCCC)COC1OC(COC2OC(CO)C(O)C(O)C2O)C(O)C(O)C1O. The van der Waals surface area contributed by atoms with Crippen LogP contribution in [0.1, 0.15) is 181 Å². The summed E-state index contributed by atoms with van der Waals surface area (Å²) in [5, 5.41) is 72.0. The molecule has 0 aromatic rings. The molecule has 2 heterocycles. The molecule has 0 aromatic heterocycles. The molecule has 2 aliphatic heterocycles. The number of hydrogen-bond donors (Lipinski definition) is 7. The van der Waals surface area contributed by atoms with Crippen molar-refractivity contribution >= 4 is 5.97 Å². The second kappa shape index (κ2) is 39.1. The van der Waals surface area contributed by atoms with Gasteiger partial charge in [0.1, 0.15) is 54.9 Å². The van der Waals surface area contributed by atoms with Crippen LogP contribution >= 0.6 is 0 Å². The van der Waals surface area contributed by atoms with Gasteiger partial charge in [-0.1, -0.05) is 159 Å². The average molecular weight is 929 g/mol. The van der Waals surface area contributed by atoms with Gasteiger partial charge in [0.05, 0.1) is 26.4 Å². The minimum Gasteiger partial charge on any atom is -0.457 e. The molecule has 14 heteroatoms. The van der Waals surface area contributed by atoms with Crippen LogP contribution in [0.25, 0.3) is 0 Å². The zero-order valence-corrected chi connectivity index (χ0v) is 40.2. The summed E-state index contributed by atoms with van der Waals surface area (Å²) in [6.45, 7) is 3.65. The molecule has 0 saturated carbocycles. The molecule has 0 aliphatic carbocycles. The Morgan fingerprint density at radius 3 is 1.49 bits per heavy atom. The van der Waals surface area contributed by atoms with Crippen LogP contribution in [0.15, 0.2) is 36.5 Å². The highest BCUT2D eigenvalue weighted by Crippen LogP contribution is 2.26. The highest BCUT2D eigenvalue weighted by Gasteiger charge is 2.47. The summed E-state index contributed by atoms with van der Waals surface area (Å²) >= 11 is 0. The first-order valence-corrected chi connectivity index (χ1v) is 25.6. The molecule has 0 radical (unpaired) electrons. The highest BCUT2D eigenvalue weighted by atomic mass is 16.7. The first-order chi connectivity index (χ1) is 31.6. The zero-order valence-electron chi connectivity index (χ0n) is 40.2. The number of allylic oxidation sites excluding steroid dienone is 6. The van der Waals surface area contributed by atoms with E-state index >= 15 is 0 Å². The number of aliphatic hydroxyl groups is 7. The molecule has 0 bridgehead atoms. The van der Waals surface area contributed by atoms with Crippen molar-refractivity contribution in [1.29, 1.82) is 0 Å². The third-order valence-corrected chi connectivity index (χ3v) is 12.2. The van der Waals surface area contributed by atoms with E-state index in [4.69, 9.17) is 28.4 Å². The average Bonchev–Trinajstić information content (AvgIpc) is 3.30. The van der Waals surface area contributed by atoms with Crippen molar-refractivity contribution in [2.45, 2.75) is 248 Å². The number of carbonyl (C=O) groups is 1. The van der Waals surface area contributed by atoms with Gasteiger partial charge in [0.15, 0.2) is 12.6 Å². The lowest BCUT2D eigenvalue weighted by Gasteiger charge is -2.42. The first kappa shape index (κ1) is 59.3. The number of ether oxygens (including phenoxy) is 6. The maximum Gasteiger partial charge on any atom is 0.306 e. The predicted molar refractivity (Wildman–Crippen MR) is 252 cm³/mol. The molecule has 2 saturated heterocycles. The smallest absolute Gasteiger partial charge is 0.306 e. The third-order valence-electron chi connectivity index (χ3n) is 12.2. The molecular weight excluding hydrogens is 837 g/mol. The molecule has 2 aliphatic rings. The summed E-state index contributed by atoms with van der Waals surface area (Å²) in [5.41, 5.74) is 0. The molecule has 11 atom stereocenters. The van der Waals surface area contributed by atoms with E-state index in [9.17, 15) is 40.5 Å². The molecule has 2 rings (SSSR count). The van der Waals surface area contributed by atoms with Gasteiger partial charge < -0.3 is 64.2 Å². The van der Waals surface area contributed by atoms with E-state index < -0.39 is 80.7 Å². The lowest BCUT2D eigenvalue weighted by Crippen LogP contribution is -2.61. The van der Waals surface area contributed by atoms with Crippen molar-refractivity contribution in [3.8, 4) is 0 Å². The summed E-state index contributed by atoms with van der Waals surface area (Å²) in [5.74, 6) is -0.388. The van der Waals surface area contributed by atoms with Crippen molar-refractivity contribution < 1.29 is 69.0 Å². The van der Waals surface area contributed by atoms with Crippen molar-refractivity contribution in [2.24, 2.45) is 0 Å². The van der Waals surface area contributed by atoms with Gasteiger partial charge in [0, 0.05) is 13.0 Å². The van der Waals surface area contributed by atoms with E-state index in [0.29, 0.717) is 13.0 Å². The fourth-order valence-corrected chi connectivity index (χ4v) is 7.94. The summed E-state index contributed by atoms with van der Waals surface area (Å²) in [6, 6.07) is 0. The van der Waals surface area contributed by atoms with E-state index in [1.54, 1.807) is 0 Å². The Hall–Kier alpha value is -1.79. The molecule has 11 unspecified atom stereocenters. The standard InChI is InChI=1S/C51H92O14/c1-3-5-7-9-11-13-15-16-17-18-19-20-21-22-23-24-25-26-28-30-32-34-43(53)63-40(37-60-35-33-31-29-27-14-12-10-8-6-4-2)38-61-50-49(59)47(57)45(55)42(65-50)39-62-51-48(58)46(56)44(54)41(36-52)64-51/h15-16,18-19,21-22,40-42,44-52,54-59H,3-14,17,20,23-39H2,1-2H3/b16-15-,19-18-,22-21-. The summed E-state index contributed by atoms with van der Waals surface area (Å²) in [4.78, 5) is 13.0. The van der Waals surface area contributed by atoms with Gasteiger partial charge in [0.25, 0.3) is 0 Å². The normalized spacial score (nSPS) is 26.8. The van der Waals surface area contributed by atoms with Gasteiger partial charge in [-0.2, -0.15) is 0 Å². The molecule has 380 valence electrons. The maximum atomic E-state index is 13.0. The Morgan fingerprint density at radius 2 is 0.954 bits per heavy atom. The third kappa shape index (κ3) is 27.1. The maximum absolute atomic E-state index is 13.0. The van der Waals surface area contributed by atoms with E-state index in [0.717, 1.165) is 70.6 Å². The van der Waals surface area contributed by atoms with Crippen LogP contribution in [0.5, 0.6) is 0 Å². The van der Waals surface area contributed by atoms with Gasteiger partial charge in [-0.05, 0) is 51.4 Å². The van der Waals surface area contributed by atoms with Crippen LogP contribution in [-0.4, -0.2) is 142 Å². The number of rotatable bonds is 40. The highest BCUT2D eigenvalue weighted by molar-refractivity contribution is 5.69. The van der Waals surface area contributed by atoms with E-state index in [1.807, 2.05) is 0 Å². The van der Waals surface area contributed by atoms with Crippen LogP contribution in [0, 0.1) is 0 Å². The summed E-state index contributed by atoms with van der Waals surface area (Å²) < 4.78 is 34.2. The number of esters is 1. The molecule has 0 amide bonds. The van der Waals surface area contributed by atoms with Crippen molar-refractivity contribution in [1.82, 2.24) is 0 Å². The van der Waals surface area contributed by atoms with Crippen molar-refractivity contribution in [3.05, 3.63) is 36.5 Å². The predicted octanol–water partition coefficient (Wildman–Crippen LogP) is 7.41. The number of carbonyl (C=O) groups excluding carboxylic acids is 1. The Labute approximate surface area is 391 Å². The zero-order chi connectivity index (χ0) is 47.3. The molecule has 14 nitrogen and oxygen atoms in total. The monoisotopic (exact) mass is 929 g/mol. The minimum atomic E-state index is -1.71.